The van der Waals surface area contributed by atoms with Crippen LogP contribution < -0.4 is 4.74 Å². The first-order valence-corrected chi connectivity index (χ1v) is 11.6. The Morgan fingerprint density at radius 2 is 1.63 bits per heavy atom. The van der Waals surface area contributed by atoms with Gasteiger partial charge in [0, 0.05) is 19.6 Å². The van der Waals surface area contributed by atoms with Crippen molar-refractivity contribution < 1.29 is 14.6 Å². The van der Waals surface area contributed by atoms with Gasteiger partial charge >= 0.3 is 0 Å². The number of aliphatic hydroxyl groups is 1. The van der Waals surface area contributed by atoms with Crippen LogP contribution in [0.2, 0.25) is 0 Å². The van der Waals surface area contributed by atoms with Crippen molar-refractivity contribution in [2.75, 3.05) is 39.5 Å². The van der Waals surface area contributed by atoms with Gasteiger partial charge in [-0.3, -0.25) is 0 Å². The minimum Gasteiger partial charge on any atom is -0.491 e. The van der Waals surface area contributed by atoms with E-state index in [0.717, 1.165) is 18.8 Å². The van der Waals surface area contributed by atoms with Crippen LogP contribution in [-0.4, -0.2) is 55.6 Å². The van der Waals surface area contributed by atoms with Gasteiger partial charge in [0.15, 0.2) is 0 Å². The number of rotatable bonds is 8. The van der Waals surface area contributed by atoms with Crippen molar-refractivity contribution in [2.24, 2.45) is 11.8 Å². The highest BCUT2D eigenvalue weighted by Gasteiger charge is 2.24. The third-order valence-electron chi connectivity index (χ3n) is 5.86. The number of benzene rings is 1. The van der Waals surface area contributed by atoms with Crippen LogP contribution >= 0.6 is 0 Å². The second-order valence-electron chi connectivity index (χ2n) is 11.5. The third-order valence-corrected chi connectivity index (χ3v) is 5.86. The highest BCUT2D eigenvalue weighted by Crippen LogP contribution is 2.35. The second-order valence-corrected chi connectivity index (χ2v) is 11.5. The zero-order chi connectivity index (χ0) is 22.5. The van der Waals surface area contributed by atoms with E-state index in [1.165, 1.54) is 17.5 Å². The first-order valence-electron chi connectivity index (χ1n) is 11.6. The zero-order valence-corrected chi connectivity index (χ0v) is 20.6. The molecule has 4 nitrogen and oxygen atoms in total. The molecule has 0 aliphatic carbocycles. The molecule has 1 aromatic rings. The van der Waals surface area contributed by atoms with Crippen LogP contribution in [0.1, 0.15) is 72.9 Å². The summed E-state index contributed by atoms with van der Waals surface area (Å²) in [4.78, 5) is 2.37. The highest BCUT2D eigenvalue weighted by molar-refractivity contribution is 5.43. The summed E-state index contributed by atoms with van der Waals surface area (Å²) in [5.41, 5.74) is 2.67. The molecule has 3 atom stereocenters. The van der Waals surface area contributed by atoms with E-state index in [9.17, 15) is 5.11 Å². The molecule has 1 N–H and O–H groups in total. The van der Waals surface area contributed by atoms with Crippen molar-refractivity contribution in [3.05, 3.63) is 29.3 Å². The number of aliphatic hydroxyl groups excluding tert-OH is 1. The molecule has 0 amide bonds. The summed E-state index contributed by atoms with van der Waals surface area (Å²) in [7, 11) is 0. The zero-order valence-electron chi connectivity index (χ0n) is 20.6. The lowest BCUT2D eigenvalue weighted by atomic mass is 9.80. The summed E-state index contributed by atoms with van der Waals surface area (Å²) in [5.74, 6) is 2.34. The standard InChI is InChI=1S/C26H45NO3/c1-19-13-20(2)16-27(15-19)17-22(28)18-29-11-12-30-24-10-9-21(25(3,4)5)14-23(24)26(6,7)8/h9-10,14,19-20,22,28H,11-13,15-18H2,1-8H3/t19-,20-,22+/m1/s1. The van der Waals surface area contributed by atoms with Crippen LogP contribution in [0.3, 0.4) is 0 Å². The topological polar surface area (TPSA) is 41.9 Å². The predicted octanol–water partition coefficient (Wildman–Crippen LogP) is 5.02. The number of nitrogens with zero attached hydrogens (tertiary/aromatic N) is 1. The molecule has 0 radical (unpaired) electrons. The summed E-state index contributed by atoms with van der Waals surface area (Å²) in [5, 5.41) is 10.3. The Kier molecular flexibility index (Phi) is 8.79. The minimum absolute atomic E-state index is 0.0103. The number of β-amino-alcohol motifs (C(OH)–C–C–N with tert-alkyl or cyclic N) is 1. The van der Waals surface area contributed by atoms with Gasteiger partial charge in [-0.05, 0) is 46.3 Å². The average molecular weight is 420 g/mol. The first-order chi connectivity index (χ1) is 13.9. The fourth-order valence-corrected chi connectivity index (χ4v) is 4.43. The second kappa shape index (κ2) is 10.5. The van der Waals surface area contributed by atoms with Crippen LogP contribution in [0.4, 0.5) is 0 Å². The van der Waals surface area contributed by atoms with E-state index in [2.05, 4.69) is 78.5 Å². The van der Waals surface area contributed by atoms with Crippen molar-refractivity contribution in [1.29, 1.82) is 0 Å². The maximum atomic E-state index is 10.3. The maximum absolute atomic E-state index is 10.3. The van der Waals surface area contributed by atoms with Gasteiger partial charge in [0.2, 0.25) is 0 Å². The Morgan fingerprint density at radius 1 is 1.00 bits per heavy atom. The van der Waals surface area contributed by atoms with Crippen LogP contribution in [0, 0.1) is 11.8 Å². The molecule has 1 aliphatic rings. The number of piperidine rings is 1. The fourth-order valence-electron chi connectivity index (χ4n) is 4.43. The van der Waals surface area contributed by atoms with Crippen molar-refractivity contribution in [3.8, 4) is 5.75 Å². The van der Waals surface area contributed by atoms with Crippen molar-refractivity contribution >= 4 is 0 Å². The predicted molar refractivity (Wildman–Crippen MR) is 126 cm³/mol. The average Bonchev–Trinajstić information content (AvgIpc) is 2.58. The summed E-state index contributed by atoms with van der Waals surface area (Å²) >= 11 is 0. The third kappa shape index (κ3) is 7.86. The van der Waals surface area contributed by atoms with Gasteiger partial charge in [-0.25, -0.2) is 0 Å². The minimum atomic E-state index is -0.446. The van der Waals surface area contributed by atoms with E-state index in [4.69, 9.17) is 9.47 Å². The molecule has 0 unspecified atom stereocenters. The highest BCUT2D eigenvalue weighted by atomic mass is 16.5. The molecular formula is C26H45NO3. The molecule has 1 aliphatic heterocycles. The first kappa shape index (κ1) is 25.2. The van der Waals surface area contributed by atoms with Gasteiger partial charge in [0.05, 0.1) is 19.3 Å². The summed E-state index contributed by atoms with van der Waals surface area (Å²) < 4.78 is 11.8. The lowest BCUT2D eigenvalue weighted by Crippen LogP contribution is -2.43. The van der Waals surface area contributed by atoms with Crippen LogP contribution in [-0.2, 0) is 15.6 Å². The van der Waals surface area contributed by atoms with Gasteiger partial charge in [0.25, 0.3) is 0 Å². The molecule has 2 rings (SSSR count). The van der Waals surface area contributed by atoms with Crippen molar-refractivity contribution in [1.82, 2.24) is 4.90 Å². The van der Waals surface area contributed by atoms with E-state index in [-0.39, 0.29) is 10.8 Å². The van der Waals surface area contributed by atoms with Crippen LogP contribution in [0.5, 0.6) is 5.75 Å². The van der Waals surface area contributed by atoms with E-state index >= 15 is 0 Å². The van der Waals surface area contributed by atoms with Crippen LogP contribution in [0.15, 0.2) is 18.2 Å². The van der Waals surface area contributed by atoms with Crippen LogP contribution in [0.25, 0.3) is 0 Å². The largest absolute Gasteiger partial charge is 0.491 e. The Labute approximate surface area is 185 Å². The molecule has 4 heteroatoms. The molecular weight excluding hydrogens is 374 g/mol. The molecule has 1 aromatic carbocycles. The molecule has 0 spiro atoms. The van der Waals surface area contributed by atoms with Gasteiger partial charge in [-0.2, -0.15) is 0 Å². The van der Waals surface area contributed by atoms with Gasteiger partial charge in [0.1, 0.15) is 12.4 Å². The van der Waals surface area contributed by atoms with E-state index in [1.54, 1.807) is 0 Å². The van der Waals surface area contributed by atoms with E-state index < -0.39 is 6.10 Å². The summed E-state index contributed by atoms with van der Waals surface area (Å²) in [6, 6.07) is 6.53. The molecule has 1 heterocycles. The monoisotopic (exact) mass is 419 g/mol. The van der Waals surface area contributed by atoms with Gasteiger partial charge in [-0.15, -0.1) is 0 Å². The molecule has 172 valence electrons. The van der Waals surface area contributed by atoms with Crippen molar-refractivity contribution in [3.63, 3.8) is 0 Å². The molecule has 0 bridgehead atoms. The molecule has 0 saturated carbocycles. The van der Waals surface area contributed by atoms with Gasteiger partial charge in [-0.1, -0.05) is 67.5 Å². The number of hydrogen-bond acceptors (Lipinski definition) is 4. The Hall–Kier alpha value is -1.10. The fraction of sp³-hybridized carbons (Fsp3) is 0.769. The summed E-state index contributed by atoms with van der Waals surface area (Å²) in [6.07, 6.45) is 0.840. The SMILES string of the molecule is C[C@@H]1C[C@@H](C)CN(C[C@H](O)COCCOc2ccc(C(C)(C)C)cc2C(C)(C)C)C1. The molecule has 1 saturated heterocycles. The lowest BCUT2D eigenvalue weighted by molar-refractivity contribution is -0.00221. The quantitative estimate of drug-likeness (QED) is 0.601. The molecule has 30 heavy (non-hydrogen) atoms. The normalized spacial score (nSPS) is 22.2. The van der Waals surface area contributed by atoms with E-state index in [0.29, 0.717) is 38.2 Å². The number of likely N-dealkylation sites (tertiary alicyclic amines) is 1. The Bertz CT molecular complexity index is 649. The smallest absolute Gasteiger partial charge is 0.123 e. The molecule has 1 fully saturated rings. The lowest BCUT2D eigenvalue weighted by Gasteiger charge is -2.35. The van der Waals surface area contributed by atoms with E-state index in [1.807, 2.05) is 0 Å². The Morgan fingerprint density at radius 3 is 2.20 bits per heavy atom. The number of ether oxygens (including phenoxy) is 2. The summed E-state index contributed by atoms with van der Waals surface area (Å²) in [6.45, 7) is 22.1. The Balaban J connectivity index is 1.80. The number of hydrogen-bond donors (Lipinski definition) is 1. The van der Waals surface area contributed by atoms with Crippen molar-refractivity contribution in [2.45, 2.75) is 78.7 Å². The molecule has 0 aromatic heterocycles. The van der Waals surface area contributed by atoms with Gasteiger partial charge < -0.3 is 19.5 Å². The maximum Gasteiger partial charge on any atom is 0.123 e.